The zero-order valence-corrected chi connectivity index (χ0v) is 13.0. The van der Waals surface area contributed by atoms with E-state index in [1.54, 1.807) is 0 Å². The van der Waals surface area contributed by atoms with Crippen LogP contribution in [0.5, 0.6) is 0 Å². The standard InChI is InChI=1S/C15H23N3S/c1-5-14-6-7-15(19-14)10-18-12(4)13(9-17-18)8-16-11(2)3/h6-7,9,11,16H,5,8,10H2,1-4H3. The molecule has 0 aliphatic rings. The molecule has 2 aromatic heterocycles. The van der Waals surface area contributed by atoms with Gasteiger partial charge in [0.05, 0.1) is 12.7 Å². The number of hydrogen-bond acceptors (Lipinski definition) is 3. The lowest BCUT2D eigenvalue weighted by molar-refractivity contribution is 0.585. The van der Waals surface area contributed by atoms with Crippen LogP contribution in [0.1, 0.15) is 41.8 Å². The van der Waals surface area contributed by atoms with Crippen molar-refractivity contribution in [1.29, 1.82) is 0 Å². The van der Waals surface area contributed by atoms with E-state index in [4.69, 9.17) is 0 Å². The largest absolute Gasteiger partial charge is 0.310 e. The molecule has 0 aliphatic heterocycles. The maximum absolute atomic E-state index is 4.51. The van der Waals surface area contributed by atoms with Gasteiger partial charge in [-0.3, -0.25) is 4.68 Å². The lowest BCUT2D eigenvalue weighted by Gasteiger charge is -2.08. The van der Waals surface area contributed by atoms with Crippen LogP contribution in [0.25, 0.3) is 0 Å². The second kappa shape index (κ2) is 6.35. The first kappa shape index (κ1) is 14.3. The fourth-order valence-corrected chi connectivity index (χ4v) is 2.92. The molecule has 0 aromatic carbocycles. The third-order valence-corrected chi connectivity index (χ3v) is 4.49. The number of nitrogens with zero attached hydrogens (tertiary/aromatic N) is 2. The van der Waals surface area contributed by atoms with E-state index in [0.29, 0.717) is 6.04 Å². The summed E-state index contributed by atoms with van der Waals surface area (Å²) in [5, 5.41) is 7.95. The summed E-state index contributed by atoms with van der Waals surface area (Å²) in [4.78, 5) is 2.83. The van der Waals surface area contributed by atoms with E-state index in [-0.39, 0.29) is 0 Å². The zero-order chi connectivity index (χ0) is 13.8. The van der Waals surface area contributed by atoms with Crippen molar-refractivity contribution in [1.82, 2.24) is 15.1 Å². The first-order valence-corrected chi connectivity index (χ1v) is 7.74. The van der Waals surface area contributed by atoms with E-state index in [9.17, 15) is 0 Å². The molecule has 0 aliphatic carbocycles. The topological polar surface area (TPSA) is 29.9 Å². The third kappa shape index (κ3) is 3.67. The van der Waals surface area contributed by atoms with Crippen LogP contribution in [0.4, 0.5) is 0 Å². The van der Waals surface area contributed by atoms with Gasteiger partial charge < -0.3 is 5.32 Å². The van der Waals surface area contributed by atoms with Crippen molar-refractivity contribution in [2.45, 2.75) is 53.2 Å². The highest BCUT2D eigenvalue weighted by atomic mass is 32.1. The second-order valence-corrected chi connectivity index (χ2v) is 6.42. The van der Waals surface area contributed by atoms with Crippen LogP contribution in [0.2, 0.25) is 0 Å². The van der Waals surface area contributed by atoms with Crippen LogP contribution in [0.15, 0.2) is 18.3 Å². The van der Waals surface area contributed by atoms with Gasteiger partial charge in [0.25, 0.3) is 0 Å². The number of aryl methyl sites for hydroxylation is 1. The summed E-state index contributed by atoms with van der Waals surface area (Å²) in [6.45, 7) is 10.5. The maximum Gasteiger partial charge on any atom is 0.0755 e. The summed E-state index contributed by atoms with van der Waals surface area (Å²) >= 11 is 1.89. The summed E-state index contributed by atoms with van der Waals surface area (Å²) in [6, 6.07) is 4.95. The monoisotopic (exact) mass is 277 g/mol. The number of nitrogens with one attached hydrogen (secondary N) is 1. The van der Waals surface area contributed by atoms with Crippen LogP contribution >= 0.6 is 11.3 Å². The highest BCUT2D eigenvalue weighted by Crippen LogP contribution is 2.19. The molecule has 0 spiro atoms. The Morgan fingerprint density at radius 1 is 1.32 bits per heavy atom. The van der Waals surface area contributed by atoms with Crippen molar-refractivity contribution in [2.24, 2.45) is 0 Å². The van der Waals surface area contributed by atoms with Crippen molar-refractivity contribution < 1.29 is 0 Å². The smallest absolute Gasteiger partial charge is 0.0755 e. The highest BCUT2D eigenvalue weighted by Gasteiger charge is 2.08. The summed E-state index contributed by atoms with van der Waals surface area (Å²) in [5.74, 6) is 0. The number of hydrogen-bond donors (Lipinski definition) is 1. The predicted octanol–water partition coefficient (Wildman–Crippen LogP) is 3.36. The van der Waals surface area contributed by atoms with Gasteiger partial charge >= 0.3 is 0 Å². The van der Waals surface area contributed by atoms with Crippen molar-refractivity contribution in [3.63, 3.8) is 0 Å². The predicted molar refractivity (Wildman–Crippen MR) is 81.7 cm³/mol. The van der Waals surface area contributed by atoms with Gasteiger partial charge in [-0.1, -0.05) is 20.8 Å². The zero-order valence-electron chi connectivity index (χ0n) is 12.2. The van der Waals surface area contributed by atoms with E-state index >= 15 is 0 Å². The Hall–Kier alpha value is -1.13. The SMILES string of the molecule is CCc1ccc(Cn2ncc(CNC(C)C)c2C)s1. The lowest BCUT2D eigenvalue weighted by atomic mass is 10.2. The molecule has 1 N–H and O–H groups in total. The molecule has 3 nitrogen and oxygen atoms in total. The average Bonchev–Trinajstić information content (AvgIpc) is 2.96. The highest BCUT2D eigenvalue weighted by molar-refractivity contribution is 7.11. The normalized spacial score (nSPS) is 11.4. The molecule has 0 atom stereocenters. The molecule has 0 amide bonds. The minimum Gasteiger partial charge on any atom is -0.310 e. The van der Waals surface area contributed by atoms with Gasteiger partial charge in [-0.2, -0.15) is 5.10 Å². The molecule has 0 unspecified atom stereocenters. The molecular weight excluding hydrogens is 254 g/mol. The summed E-state index contributed by atoms with van der Waals surface area (Å²) in [6.07, 6.45) is 3.10. The van der Waals surface area contributed by atoms with E-state index in [2.05, 4.69) is 54.9 Å². The van der Waals surface area contributed by atoms with Crippen molar-refractivity contribution in [2.75, 3.05) is 0 Å². The Morgan fingerprint density at radius 2 is 2.05 bits per heavy atom. The van der Waals surface area contributed by atoms with E-state index in [0.717, 1.165) is 19.5 Å². The molecule has 2 aromatic rings. The van der Waals surface area contributed by atoms with Crippen LogP contribution < -0.4 is 5.32 Å². The maximum atomic E-state index is 4.51. The fourth-order valence-electron chi connectivity index (χ4n) is 1.98. The van der Waals surface area contributed by atoms with Crippen molar-refractivity contribution in [3.05, 3.63) is 39.3 Å². The molecule has 2 heterocycles. The van der Waals surface area contributed by atoms with Gasteiger partial charge in [-0.05, 0) is 25.5 Å². The molecule has 2 rings (SSSR count). The summed E-state index contributed by atoms with van der Waals surface area (Å²) in [7, 11) is 0. The van der Waals surface area contributed by atoms with Gasteiger partial charge in [0.1, 0.15) is 0 Å². The lowest BCUT2D eigenvalue weighted by Crippen LogP contribution is -2.22. The molecule has 4 heteroatoms. The van der Waals surface area contributed by atoms with E-state index < -0.39 is 0 Å². The summed E-state index contributed by atoms with van der Waals surface area (Å²) < 4.78 is 2.10. The quantitative estimate of drug-likeness (QED) is 0.877. The van der Waals surface area contributed by atoms with Gasteiger partial charge in [0, 0.05) is 33.6 Å². The molecule has 0 fully saturated rings. The van der Waals surface area contributed by atoms with Gasteiger partial charge in [0.15, 0.2) is 0 Å². The second-order valence-electron chi connectivity index (χ2n) is 5.17. The Bertz CT molecular complexity index is 525. The average molecular weight is 277 g/mol. The molecule has 0 radical (unpaired) electrons. The van der Waals surface area contributed by atoms with Crippen LogP contribution in [0, 0.1) is 6.92 Å². The van der Waals surface area contributed by atoms with Crippen molar-refractivity contribution in [3.8, 4) is 0 Å². The Kier molecular flexibility index (Phi) is 4.77. The first-order chi connectivity index (χ1) is 9.10. The van der Waals surface area contributed by atoms with E-state index in [1.165, 1.54) is 21.0 Å². The third-order valence-electron chi connectivity index (χ3n) is 3.28. The van der Waals surface area contributed by atoms with Gasteiger partial charge in [-0.15, -0.1) is 11.3 Å². The van der Waals surface area contributed by atoms with Gasteiger partial charge in [0.2, 0.25) is 0 Å². The van der Waals surface area contributed by atoms with Crippen LogP contribution in [-0.4, -0.2) is 15.8 Å². The molecule has 0 saturated heterocycles. The Morgan fingerprint density at radius 3 is 2.68 bits per heavy atom. The van der Waals surface area contributed by atoms with Gasteiger partial charge in [-0.25, -0.2) is 0 Å². The minimum absolute atomic E-state index is 0.507. The van der Waals surface area contributed by atoms with E-state index in [1.807, 2.05) is 17.5 Å². The molecule has 104 valence electrons. The Labute approximate surface area is 119 Å². The number of aromatic nitrogens is 2. The van der Waals surface area contributed by atoms with Crippen LogP contribution in [0.3, 0.4) is 0 Å². The molecule has 0 bridgehead atoms. The first-order valence-electron chi connectivity index (χ1n) is 6.92. The number of rotatable bonds is 6. The molecule has 19 heavy (non-hydrogen) atoms. The minimum atomic E-state index is 0.507. The van der Waals surface area contributed by atoms with Crippen molar-refractivity contribution >= 4 is 11.3 Å². The van der Waals surface area contributed by atoms with Crippen LogP contribution in [-0.2, 0) is 19.5 Å². The Balaban J connectivity index is 2.04. The number of thiophene rings is 1. The molecular formula is C15H23N3S. The fraction of sp³-hybridized carbons (Fsp3) is 0.533. The molecule has 0 saturated carbocycles. The summed E-state index contributed by atoms with van der Waals surface area (Å²) in [5.41, 5.74) is 2.56.